The summed E-state index contributed by atoms with van der Waals surface area (Å²) in [5, 5.41) is 2.32. The molecule has 0 spiro atoms. The van der Waals surface area contributed by atoms with Crippen molar-refractivity contribution in [2.24, 2.45) is 0 Å². The van der Waals surface area contributed by atoms with E-state index in [1.165, 1.54) is 0 Å². The molecule has 0 aliphatic carbocycles. The number of nitrogens with zero attached hydrogens (tertiary/aromatic N) is 1. The van der Waals surface area contributed by atoms with Crippen LogP contribution in [0.5, 0.6) is 0 Å². The maximum absolute atomic E-state index is 13.1. The molecule has 0 bridgehead atoms. The highest BCUT2D eigenvalue weighted by atomic mass is 16.2. The number of carbonyl (C=O) groups is 3. The summed E-state index contributed by atoms with van der Waals surface area (Å²) >= 11 is 0. The van der Waals surface area contributed by atoms with Crippen LogP contribution < -0.4 is 11.1 Å². The van der Waals surface area contributed by atoms with E-state index < -0.39 is 11.9 Å². The van der Waals surface area contributed by atoms with Crippen LogP contribution in [-0.4, -0.2) is 34.7 Å². The van der Waals surface area contributed by atoms with Crippen molar-refractivity contribution in [1.82, 2.24) is 10.2 Å². The molecule has 1 heterocycles. The first kappa shape index (κ1) is 17.0. The number of imide groups is 1. The summed E-state index contributed by atoms with van der Waals surface area (Å²) < 4.78 is 0. The number of rotatable bonds is 4. The number of nitrogens with two attached hydrogens (primary N) is 1. The van der Waals surface area contributed by atoms with Gasteiger partial charge >= 0.3 is 0 Å². The van der Waals surface area contributed by atoms with Crippen LogP contribution in [0.2, 0.25) is 0 Å². The van der Waals surface area contributed by atoms with Crippen LogP contribution in [0.25, 0.3) is 0 Å². The molecule has 1 aliphatic rings. The predicted octanol–water partition coefficient (Wildman–Crippen LogP) is 1.62. The summed E-state index contributed by atoms with van der Waals surface area (Å²) in [4.78, 5) is 38.3. The van der Waals surface area contributed by atoms with Gasteiger partial charge in [0.15, 0.2) is 0 Å². The van der Waals surface area contributed by atoms with Crippen LogP contribution in [0.1, 0.15) is 49.0 Å². The summed E-state index contributed by atoms with van der Waals surface area (Å²) in [7, 11) is 0. The van der Waals surface area contributed by atoms with Crippen molar-refractivity contribution in [3.8, 4) is 0 Å². The number of benzene rings is 1. The van der Waals surface area contributed by atoms with Gasteiger partial charge in [-0.15, -0.1) is 0 Å². The highest BCUT2D eigenvalue weighted by Gasteiger charge is 2.37. The first-order valence-corrected chi connectivity index (χ1v) is 7.88. The molecule has 2 atom stereocenters. The lowest BCUT2D eigenvalue weighted by atomic mass is 9.98. The summed E-state index contributed by atoms with van der Waals surface area (Å²) in [6, 6.07) is 4.52. The van der Waals surface area contributed by atoms with Crippen molar-refractivity contribution in [2.45, 2.75) is 52.1 Å². The highest BCUT2D eigenvalue weighted by Crippen LogP contribution is 2.24. The Morgan fingerprint density at radius 1 is 1.43 bits per heavy atom. The fraction of sp³-hybridized carbons (Fsp3) is 0.471. The highest BCUT2D eigenvalue weighted by molar-refractivity contribution is 6.06. The van der Waals surface area contributed by atoms with E-state index in [0.717, 1.165) is 5.56 Å². The van der Waals surface area contributed by atoms with Gasteiger partial charge in [-0.3, -0.25) is 19.7 Å². The molecule has 6 nitrogen and oxygen atoms in total. The average molecular weight is 317 g/mol. The minimum atomic E-state index is -0.644. The maximum atomic E-state index is 13.1. The van der Waals surface area contributed by atoms with Crippen molar-refractivity contribution < 1.29 is 14.4 Å². The van der Waals surface area contributed by atoms with E-state index in [0.29, 0.717) is 24.1 Å². The SMILES string of the molecule is CCC(C)N(C(=O)c1c(C)cccc1N)C1CCC(=O)NC1=O. The van der Waals surface area contributed by atoms with Crippen molar-refractivity contribution in [3.63, 3.8) is 0 Å². The second kappa shape index (κ2) is 6.81. The van der Waals surface area contributed by atoms with Crippen molar-refractivity contribution in [3.05, 3.63) is 29.3 Å². The molecule has 1 aromatic carbocycles. The Hall–Kier alpha value is -2.37. The van der Waals surface area contributed by atoms with Gasteiger partial charge in [0.05, 0.1) is 5.56 Å². The van der Waals surface area contributed by atoms with E-state index in [2.05, 4.69) is 5.32 Å². The van der Waals surface area contributed by atoms with Crippen LogP contribution in [0.3, 0.4) is 0 Å². The van der Waals surface area contributed by atoms with E-state index in [1.54, 1.807) is 17.0 Å². The van der Waals surface area contributed by atoms with Crippen molar-refractivity contribution >= 4 is 23.4 Å². The molecular weight excluding hydrogens is 294 g/mol. The Bertz CT molecular complexity index is 622. The molecule has 124 valence electrons. The van der Waals surface area contributed by atoms with Crippen LogP contribution in [0.15, 0.2) is 18.2 Å². The Kier molecular flexibility index (Phi) is 5.03. The smallest absolute Gasteiger partial charge is 0.257 e. The molecule has 1 aromatic rings. The number of piperidine rings is 1. The third kappa shape index (κ3) is 3.36. The monoisotopic (exact) mass is 317 g/mol. The standard InChI is InChI=1S/C17H23N3O3/c1-4-11(3)20(13-8-9-14(21)19-16(13)22)17(23)15-10(2)6-5-7-12(15)18/h5-7,11,13H,4,8-9,18H2,1-3H3,(H,19,21,22). The van der Waals surface area contributed by atoms with E-state index in [1.807, 2.05) is 26.8 Å². The summed E-state index contributed by atoms with van der Waals surface area (Å²) in [5.74, 6) is -0.968. The second-order valence-corrected chi connectivity index (χ2v) is 5.98. The van der Waals surface area contributed by atoms with Crippen molar-refractivity contribution in [2.75, 3.05) is 5.73 Å². The van der Waals surface area contributed by atoms with Gasteiger partial charge in [0, 0.05) is 18.2 Å². The molecule has 3 N–H and O–H groups in total. The van der Waals surface area contributed by atoms with E-state index in [4.69, 9.17) is 5.73 Å². The van der Waals surface area contributed by atoms with Crippen LogP contribution >= 0.6 is 0 Å². The molecular formula is C17H23N3O3. The van der Waals surface area contributed by atoms with Crippen LogP contribution in [0, 0.1) is 6.92 Å². The predicted molar refractivity (Wildman–Crippen MR) is 87.7 cm³/mol. The minimum Gasteiger partial charge on any atom is -0.398 e. The summed E-state index contributed by atoms with van der Waals surface area (Å²) in [6.07, 6.45) is 1.28. The number of hydrogen-bond donors (Lipinski definition) is 2. The number of anilines is 1. The number of nitrogen functional groups attached to an aromatic ring is 1. The van der Waals surface area contributed by atoms with Crippen LogP contribution in [-0.2, 0) is 9.59 Å². The van der Waals surface area contributed by atoms with Gasteiger partial charge in [-0.05, 0) is 38.3 Å². The molecule has 0 saturated carbocycles. The fourth-order valence-electron chi connectivity index (χ4n) is 2.90. The first-order chi connectivity index (χ1) is 10.9. The quantitative estimate of drug-likeness (QED) is 0.652. The summed E-state index contributed by atoms with van der Waals surface area (Å²) in [5.41, 5.74) is 7.59. The number of amides is 3. The maximum Gasteiger partial charge on any atom is 0.257 e. The molecule has 0 radical (unpaired) electrons. The molecule has 6 heteroatoms. The largest absolute Gasteiger partial charge is 0.398 e. The second-order valence-electron chi connectivity index (χ2n) is 5.98. The average Bonchev–Trinajstić information content (AvgIpc) is 2.49. The van der Waals surface area contributed by atoms with E-state index in [-0.39, 0.29) is 24.3 Å². The van der Waals surface area contributed by atoms with Crippen LogP contribution in [0.4, 0.5) is 5.69 Å². The third-order valence-corrected chi connectivity index (χ3v) is 4.36. The van der Waals surface area contributed by atoms with Gasteiger partial charge in [-0.2, -0.15) is 0 Å². The molecule has 3 amide bonds. The van der Waals surface area contributed by atoms with Gasteiger partial charge in [-0.25, -0.2) is 0 Å². The normalized spacial score (nSPS) is 19.2. The molecule has 0 aromatic heterocycles. The zero-order valence-corrected chi connectivity index (χ0v) is 13.8. The zero-order chi connectivity index (χ0) is 17.1. The zero-order valence-electron chi connectivity index (χ0n) is 13.8. The number of carbonyl (C=O) groups excluding carboxylic acids is 3. The molecule has 1 saturated heterocycles. The van der Waals surface area contributed by atoms with Gasteiger partial charge < -0.3 is 10.6 Å². The fourth-order valence-corrected chi connectivity index (χ4v) is 2.90. The van der Waals surface area contributed by atoms with E-state index >= 15 is 0 Å². The van der Waals surface area contributed by atoms with E-state index in [9.17, 15) is 14.4 Å². The molecule has 23 heavy (non-hydrogen) atoms. The minimum absolute atomic E-state index is 0.134. The Balaban J connectivity index is 2.41. The first-order valence-electron chi connectivity index (χ1n) is 7.88. The van der Waals surface area contributed by atoms with Gasteiger partial charge in [-0.1, -0.05) is 19.1 Å². The number of nitrogens with one attached hydrogen (secondary N) is 1. The van der Waals surface area contributed by atoms with Gasteiger partial charge in [0.2, 0.25) is 11.8 Å². The number of hydrogen-bond acceptors (Lipinski definition) is 4. The third-order valence-electron chi connectivity index (χ3n) is 4.36. The Labute approximate surface area is 136 Å². The lowest BCUT2D eigenvalue weighted by molar-refractivity contribution is -0.137. The van der Waals surface area contributed by atoms with Crippen molar-refractivity contribution in [1.29, 1.82) is 0 Å². The topological polar surface area (TPSA) is 92.5 Å². The van der Waals surface area contributed by atoms with Gasteiger partial charge in [0.1, 0.15) is 6.04 Å². The molecule has 2 unspecified atom stereocenters. The lowest BCUT2D eigenvalue weighted by Gasteiger charge is -2.37. The lowest BCUT2D eigenvalue weighted by Crippen LogP contribution is -2.57. The molecule has 1 fully saturated rings. The summed E-state index contributed by atoms with van der Waals surface area (Å²) in [6.45, 7) is 5.68. The Morgan fingerprint density at radius 3 is 2.70 bits per heavy atom. The number of aryl methyl sites for hydroxylation is 1. The Morgan fingerprint density at radius 2 is 2.13 bits per heavy atom. The molecule has 1 aliphatic heterocycles. The molecule has 2 rings (SSSR count). The van der Waals surface area contributed by atoms with Gasteiger partial charge in [0.25, 0.3) is 5.91 Å².